The largest absolute Gasteiger partial charge is 0.310 e. The topological polar surface area (TPSA) is 3.24 Å². The number of benzene rings is 11. The maximum Gasteiger partial charge on any atom is 0.0540 e. The number of fused-ring (bicyclic) bond motifs is 7. The molecule has 0 aliphatic heterocycles. The molecule has 11 aromatic carbocycles. The third-order valence-corrected chi connectivity index (χ3v) is 13.7. The van der Waals surface area contributed by atoms with Gasteiger partial charge in [0.15, 0.2) is 0 Å². The Kier molecular flexibility index (Phi) is 8.91. The summed E-state index contributed by atoms with van der Waals surface area (Å²) in [6.45, 7) is 4.71. The normalized spacial score (nSPS) is 12.7. The highest BCUT2D eigenvalue weighted by Gasteiger charge is 2.35. The van der Waals surface area contributed by atoms with Crippen molar-refractivity contribution in [1.82, 2.24) is 0 Å². The van der Waals surface area contributed by atoms with Gasteiger partial charge in [0.05, 0.1) is 5.69 Å². The van der Waals surface area contributed by atoms with E-state index < -0.39 is 0 Å². The van der Waals surface area contributed by atoms with Crippen LogP contribution >= 0.6 is 0 Å². The Bertz CT molecular complexity index is 3570. The Morgan fingerprint density at radius 2 is 0.812 bits per heavy atom. The molecule has 0 amide bonds. The van der Waals surface area contributed by atoms with Crippen molar-refractivity contribution in [3.63, 3.8) is 0 Å². The Morgan fingerprint density at radius 3 is 1.59 bits per heavy atom. The van der Waals surface area contributed by atoms with Gasteiger partial charge in [-0.25, -0.2) is 0 Å². The summed E-state index contributed by atoms with van der Waals surface area (Å²) in [6, 6.07) is 87.2. The zero-order chi connectivity index (χ0) is 42.8. The first-order chi connectivity index (χ1) is 31.5. The van der Waals surface area contributed by atoms with Crippen molar-refractivity contribution in [2.45, 2.75) is 19.3 Å². The van der Waals surface area contributed by atoms with E-state index in [1.165, 1.54) is 99.1 Å². The van der Waals surface area contributed by atoms with Gasteiger partial charge in [0, 0.05) is 22.4 Å². The number of hydrogen-bond acceptors (Lipinski definition) is 1. The molecule has 1 nitrogen and oxygen atoms in total. The summed E-state index contributed by atoms with van der Waals surface area (Å²) in [5.41, 5.74) is 18.4. The van der Waals surface area contributed by atoms with Crippen LogP contribution in [0.1, 0.15) is 25.0 Å². The molecule has 0 bridgehead atoms. The van der Waals surface area contributed by atoms with Crippen LogP contribution in [-0.4, -0.2) is 0 Å². The molecule has 0 radical (unpaired) electrons. The molecule has 0 fully saturated rings. The predicted octanol–water partition coefficient (Wildman–Crippen LogP) is 17.6. The Morgan fingerprint density at radius 1 is 0.281 bits per heavy atom. The Labute approximate surface area is 375 Å². The molecule has 0 saturated heterocycles. The van der Waals surface area contributed by atoms with Crippen LogP contribution in [0.25, 0.3) is 88.0 Å². The van der Waals surface area contributed by atoms with Crippen LogP contribution in [0.4, 0.5) is 17.1 Å². The van der Waals surface area contributed by atoms with E-state index in [2.05, 4.69) is 255 Å². The molecule has 1 heteroatoms. The highest BCUT2D eigenvalue weighted by Crippen LogP contribution is 2.50. The van der Waals surface area contributed by atoms with Crippen LogP contribution in [0.2, 0.25) is 0 Å². The quantitative estimate of drug-likeness (QED) is 0.145. The fourth-order valence-electron chi connectivity index (χ4n) is 10.4. The predicted molar refractivity (Wildman–Crippen MR) is 273 cm³/mol. The van der Waals surface area contributed by atoms with E-state index in [-0.39, 0.29) is 5.41 Å². The van der Waals surface area contributed by atoms with E-state index in [9.17, 15) is 0 Å². The molecule has 0 heterocycles. The summed E-state index contributed by atoms with van der Waals surface area (Å²) in [7, 11) is 0. The molecule has 302 valence electrons. The second kappa shape index (κ2) is 15.1. The average Bonchev–Trinajstić information content (AvgIpc) is 3.59. The van der Waals surface area contributed by atoms with Gasteiger partial charge >= 0.3 is 0 Å². The molecule has 0 N–H and O–H groups in total. The van der Waals surface area contributed by atoms with Crippen LogP contribution in [-0.2, 0) is 5.41 Å². The number of hydrogen-bond donors (Lipinski definition) is 0. The zero-order valence-corrected chi connectivity index (χ0v) is 36.0. The van der Waals surface area contributed by atoms with Crippen LogP contribution in [0.15, 0.2) is 237 Å². The lowest BCUT2D eigenvalue weighted by molar-refractivity contribution is 0.660. The van der Waals surface area contributed by atoms with Gasteiger partial charge in [-0.05, 0) is 142 Å². The highest BCUT2D eigenvalue weighted by molar-refractivity contribution is 6.14. The molecular weight excluding hydrogens is 771 g/mol. The molecule has 1 aliphatic rings. The maximum absolute atomic E-state index is 2.43. The molecule has 12 rings (SSSR count). The lowest BCUT2D eigenvalue weighted by Gasteiger charge is -2.28. The molecule has 0 unspecified atom stereocenters. The second-order valence-electron chi connectivity index (χ2n) is 17.7. The molecule has 11 aromatic rings. The molecular formula is C63H45N. The highest BCUT2D eigenvalue weighted by atomic mass is 15.1. The van der Waals surface area contributed by atoms with Gasteiger partial charge in [-0.15, -0.1) is 0 Å². The van der Waals surface area contributed by atoms with Crippen molar-refractivity contribution in [3.8, 4) is 55.6 Å². The van der Waals surface area contributed by atoms with E-state index in [1.54, 1.807) is 0 Å². The fraction of sp³-hybridized carbons (Fsp3) is 0.0476. The minimum absolute atomic E-state index is 0.0569. The zero-order valence-electron chi connectivity index (χ0n) is 36.0. The van der Waals surface area contributed by atoms with Crippen LogP contribution in [0.5, 0.6) is 0 Å². The van der Waals surface area contributed by atoms with Gasteiger partial charge in [-0.2, -0.15) is 0 Å². The summed E-state index contributed by atoms with van der Waals surface area (Å²) < 4.78 is 0. The van der Waals surface area contributed by atoms with E-state index in [4.69, 9.17) is 0 Å². The minimum Gasteiger partial charge on any atom is -0.310 e. The summed E-state index contributed by atoms with van der Waals surface area (Å²) >= 11 is 0. The number of rotatable bonds is 7. The third kappa shape index (κ3) is 6.23. The summed E-state index contributed by atoms with van der Waals surface area (Å²) in [4.78, 5) is 2.43. The lowest BCUT2D eigenvalue weighted by Crippen LogP contribution is -2.14. The minimum atomic E-state index is -0.0569. The number of nitrogens with zero attached hydrogens (tertiary/aromatic N) is 1. The van der Waals surface area contributed by atoms with Crippen molar-refractivity contribution in [3.05, 3.63) is 248 Å². The van der Waals surface area contributed by atoms with Crippen molar-refractivity contribution >= 4 is 49.4 Å². The second-order valence-corrected chi connectivity index (χ2v) is 17.7. The van der Waals surface area contributed by atoms with Gasteiger partial charge in [-0.3, -0.25) is 0 Å². The van der Waals surface area contributed by atoms with Crippen molar-refractivity contribution < 1.29 is 0 Å². The van der Waals surface area contributed by atoms with Crippen LogP contribution in [0, 0.1) is 0 Å². The maximum atomic E-state index is 2.43. The molecule has 0 saturated carbocycles. The van der Waals surface area contributed by atoms with E-state index in [0.29, 0.717) is 0 Å². The summed E-state index contributed by atoms with van der Waals surface area (Å²) in [5, 5.41) is 7.57. The SMILES string of the molecule is CC1(C)c2ccccc2-c2ccc(-c3ccc(N(c4ccc(-c5cc6ccccc6c6ccccc56)cc4)c4ccccc4-c4cccc(-c5cccc6ccccc56)c4)cc3)cc21. The third-order valence-electron chi connectivity index (χ3n) is 13.7. The summed E-state index contributed by atoms with van der Waals surface area (Å²) in [6.07, 6.45) is 0. The molecule has 0 aromatic heterocycles. The monoisotopic (exact) mass is 815 g/mol. The lowest BCUT2D eigenvalue weighted by atomic mass is 9.81. The van der Waals surface area contributed by atoms with Gasteiger partial charge in [0.25, 0.3) is 0 Å². The van der Waals surface area contributed by atoms with Crippen molar-refractivity contribution in [2.75, 3.05) is 4.90 Å². The van der Waals surface area contributed by atoms with Gasteiger partial charge in [0.2, 0.25) is 0 Å². The van der Waals surface area contributed by atoms with E-state index in [0.717, 1.165) is 17.1 Å². The van der Waals surface area contributed by atoms with Gasteiger partial charge < -0.3 is 4.90 Å². The molecule has 0 spiro atoms. The van der Waals surface area contributed by atoms with Gasteiger partial charge in [0.1, 0.15) is 0 Å². The molecule has 0 atom stereocenters. The number of para-hydroxylation sites is 1. The van der Waals surface area contributed by atoms with Crippen LogP contribution < -0.4 is 4.90 Å². The smallest absolute Gasteiger partial charge is 0.0540 e. The van der Waals surface area contributed by atoms with Crippen LogP contribution in [0.3, 0.4) is 0 Å². The van der Waals surface area contributed by atoms with Crippen molar-refractivity contribution in [1.29, 1.82) is 0 Å². The van der Waals surface area contributed by atoms with E-state index in [1.807, 2.05) is 0 Å². The fourth-order valence-corrected chi connectivity index (χ4v) is 10.4. The first-order valence-electron chi connectivity index (χ1n) is 22.3. The Hall–Kier alpha value is -8.00. The molecule has 64 heavy (non-hydrogen) atoms. The Balaban J connectivity index is 0.981. The average molecular weight is 816 g/mol. The first kappa shape index (κ1) is 37.7. The summed E-state index contributed by atoms with van der Waals surface area (Å²) in [5.74, 6) is 0. The van der Waals surface area contributed by atoms with Gasteiger partial charge in [-0.1, -0.05) is 202 Å². The standard InChI is InChI=1S/C63H45N/c1-63(2)60-27-11-9-25-57(60)58-38-33-45(41-61(58)63)42-29-34-49(35-30-42)64(50-36-31-44(32-37-50)59-40-48-16-4-6-21-53(48)55-23-7-8-24-56(55)59)62-28-12-10-22-54(62)47-19-13-18-46(39-47)52-26-14-17-43-15-3-5-20-51(43)52/h3-41H,1-2H3. The van der Waals surface area contributed by atoms with E-state index >= 15 is 0 Å². The molecule has 1 aliphatic carbocycles. The van der Waals surface area contributed by atoms with Crippen molar-refractivity contribution in [2.24, 2.45) is 0 Å². The first-order valence-corrected chi connectivity index (χ1v) is 22.3. The number of anilines is 3.